The Morgan fingerprint density at radius 1 is 1.36 bits per heavy atom. The first kappa shape index (κ1) is 19.7. The lowest BCUT2D eigenvalue weighted by molar-refractivity contribution is -0.902. The Labute approximate surface area is 165 Å². The van der Waals surface area contributed by atoms with Crippen LogP contribution in [0.2, 0.25) is 0 Å². The number of thiazole rings is 1. The summed E-state index contributed by atoms with van der Waals surface area (Å²) in [4.78, 5) is 28.5. The molecular weight excluding hydrogens is 380 g/mol. The number of benzene rings is 2. The first-order chi connectivity index (χ1) is 13.4. The molecule has 146 valence electrons. The van der Waals surface area contributed by atoms with Gasteiger partial charge >= 0.3 is 0 Å². The van der Waals surface area contributed by atoms with Gasteiger partial charge in [-0.15, -0.1) is 11.3 Å². The Morgan fingerprint density at radius 3 is 2.79 bits per heavy atom. The lowest BCUT2D eigenvalue weighted by atomic mass is 10.2. The van der Waals surface area contributed by atoms with Crippen LogP contribution in [0.1, 0.15) is 18.0 Å². The molecule has 1 unspecified atom stereocenters. The van der Waals surface area contributed by atoms with E-state index in [9.17, 15) is 14.9 Å². The molecule has 3 aromatic rings. The van der Waals surface area contributed by atoms with E-state index in [1.807, 2.05) is 38.2 Å². The summed E-state index contributed by atoms with van der Waals surface area (Å²) in [5.41, 5.74) is 1.27. The van der Waals surface area contributed by atoms with Gasteiger partial charge in [0, 0.05) is 6.07 Å². The van der Waals surface area contributed by atoms with Crippen LogP contribution in [0.5, 0.6) is 5.75 Å². The summed E-state index contributed by atoms with van der Waals surface area (Å²) >= 11 is 1.63. The molecule has 2 N–H and O–H groups in total. The fraction of sp³-hybridized carbons (Fsp3) is 0.263. The molecule has 1 heterocycles. The number of methoxy groups -OCH3 is 1. The monoisotopic (exact) mass is 401 g/mol. The molecule has 0 aliphatic carbocycles. The number of quaternary nitrogens is 1. The zero-order valence-electron chi connectivity index (χ0n) is 15.8. The maximum absolute atomic E-state index is 12.5. The molecule has 2 atom stereocenters. The first-order valence-corrected chi connectivity index (χ1v) is 9.50. The van der Waals surface area contributed by atoms with Gasteiger partial charge in [0.2, 0.25) is 0 Å². The summed E-state index contributed by atoms with van der Waals surface area (Å²) in [5, 5.41) is 14.6. The van der Waals surface area contributed by atoms with Crippen molar-refractivity contribution in [3.05, 3.63) is 57.6 Å². The Bertz CT molecular complexity index is 987. The maximum Gasteiger partial charge on any atom is 0.279 e. The number of fused-ring (bicyclic) bond motifs is 1. The van der Waals surface area contributed by atoms with Crippen LogP contribution in [0.3, 0.4) is 0 Å². The molecule has 0 aliphatic heterocycles. The SMILES string of the molecule is COc1cc([N+](=O)[O-])ccc1NC(=O)C[NH+](C)[C@@H](C)c1nc2ccccc2s1. The van der Waals surface area contributed by atoms with E-state index in [1.165, 1.54) is 25.3 Å². The number of rotatable bonds is 7. The van der Waals surface area contributed by atoms with Crippen LogP contribution in [0.4, 0.5) is 11.4 Å². The van der Waals surface area contributed by atoms with E-state index < -0.39 is 4.92 Å². The minimum absolute atomic E-state index is 0.0434. The second-order valence-corrected chi connectivity index (χ2v) is 7.52. The number of aromatic nitrogens is 1. The number of ether oxygens (including phenoxy) is 1. The highest BCUT2D eigenvalue weighted by molar-refractivity contribution is 7.18. The second kappa shape index (κ2) is 8.32. The van der Waals surface area contributed by atoms with Crippen molar-refractivity contribution in [2.24, 2.45) is 0 Å². The molecule has 0 fully saturated rings. The number of likely N-dealkylation sites (N-methyl/N-ethyl adjacent to an activating group) is 1. The van der Waals surface area contributed by atoms with Crippen molar-refractivity contribution >= 4 is 38.8 Å². The van der Waals surface area contributed by atoms with Crippen molar-refractivity contribution in [2.75, 3.05) is 26.0 Å². The van der Waals surface area contributed by atoms with Crippen LogP contribution >= 0.6 is 11.3 Å². The standard InChI is InChI=1S/C19H20N4O4S/c1-12(19-21-15-6-4-5-7-17(15)28-19)22(2)11-18(24)20-14-9-8-13(23(25)26)10-16(14)27-3/h4-10,12H,11H2,1-3H3,(H,20,24)/p+1/t12-/m0/s1. The number of para-hydroxylation sites is 1. The average molecular weight is 401 g/mol. The highest BCUT2D eigenvalue weighted by Crippen LogP contribution is 2.29. The smallest absolute Gasteiger partial charge is 0.279 e. The van der Waals surface area contributed by atoms with Gasteiger partial charge in [-0.25, -0.2) is 4.98 Å². The number of hydrogen-bond acceptors (Lipinski definition) is 6. The molecule has 0 saturated carbocycles. The summed E-state index contributed by atoms with van der Waals surface area (Å²) in [5.74, 6) is 0.0389. The summed E-state index contributed by atoms with van der Waals surface area (Å²) in [7, 11) is 3.34. The van der Waals surface area contributed by atoms with Gasteiger partial charge in [-0.2, -0.15) is 0 Å². The van der Waals surface area contributed by atoms with Crippen molar-refractivity contribution in [1.82, 2.24) is 4.98 Å². The predicted molar refractivity (Wildman–Crippen MR) is 108 cm³/mol. The number of carbonyl (C=O) groups is 1. The number of non-ortho nitro benzene ring substituents is 1. The highest BCUT2D eigenvalue weighted by atomic mass is 32.1. The van der Waals surface area contributed by atoms with Crippen LogP contribution < -0.4 is 15.0 Å². The number of amides is 1. The molecule has 1 aromatic heterocycles. The van der Waals surface area contributed by atoms with Gasteiger partial charge < -0.3 is 15.0 Å². The summed E-state index contributed by atoms with van der Waals surface area (Å²) in [6, 6.07) is 12.1. The van der Waals surface area contributed by atoms with Crippen LogP contribution in [0.25, 0.3) is 10.2 Å². The van der Waals surface area contributed by atoms with E-state index in [0.717, 1.165) is 20.1 Å². The molecule has 1 amide bonds. The number of carbonyl (C=O) groups excluding carboxylic acids is 1. The normalized spacial score (nSPS) is 13.1. The molecule has 0 spiro atoms. The molecule has 0 radical (unpaired) electrons. The van der Waals surface area contributed by atoms with Crippen molar-refractivity contribution in [3.63, 3.8) is 0 Å². The van der Waals surface area contributed by atoms with Crippen LogP contribution in [0.15, 0.2) is 42.5 Å². The van der Waals surface area contributed by atoms with Gasteiger partial charge in [0.15, 0.2) is 11.6 Å². The van der Waals surface area contributed by atoms with E-state index in [1.54, 1.807) is 11.3 Å². The van der Waals surface area contributed by atoms with Crippen molar-refractivity contribution in [3.8, 4) is 5.75 Å². The van der Waals surface area contributed by atoms with E-state index in [-0.39, 0.29) is 29.9 Å². The van der Waals surface area contributed by atoms with Crippen LogP contribution in [-0.2, 0) is 4.79 Å². The minimum atomic E-state index is -0.508. The van der Waals surface area contributed by atoms with Gasteiger partial charge in [0.25, 0.3) is 11.6 Å². The minimum Gasteiger partial charge on any atom is -0.494 e. The maximum atomic E-state index is 12.5. The quantitative estimate of drug-likeness (QED) is 0.468. The number of nitro benzene ring substituents is 1. The molecule has 9 heteroatoms. The average Bonchev–Trinajstić information content (AvgIpc) is 3.11. The van der Waals surface area contributed by atoms with Gasteiger partial charge in [-0.1, -0.05) is 12.1 Å². The zero-order valence-corrected chi connectivity index (χ0v) is 16.6. The molecule has 8 nitrogen and oxygen atoms in total. The third kappa shape index (κ3) is 4.26. The lowest BCUT2D eigenvalue weighted by Gasteiger charge is -2.19. The fourth-order valence-electron chi connectivity index (χ4n) is 2.78. The third-order valence-electron chi connectivity index (χ3n) is 4.53. The molecule has 0 saturated heterocycles. The van der Waals surface area contributed by atoms with Crippen molar-refractivity contribution < 1.29 is 19.4 Å². The Balaban J connectivity index is 1.67. The predicted octanol–water partition coefficient (Wildman–Crippen LogP) is 2.43. The summed E-state index contributed by atoms with van der Waals surface area (Å²) in [6.07, 6.45) is 0. The van der Waals surface area contributed by atoms with Gasteiger partial charge in [-0.05, 0) is 25.1 Å². The Kier molecular flexibility index (Phi) is 5.86. The molecular formula is C19H21N4O4S+. The highest BCUT2D eigenvalue weighted by Gasteiger charge is 2.23. The summed E-state index contributed by atoms with van der Waals surface area (Å²) < 4.78 is 6.28. The van der Waals surface area contributed by atoms with Crippen molar-refractivity contribution in [2.45, 2.75) is 13.0 Å². The van der Waals surface area contributed by atoms with Crippen molar-refractivity contribution in [1.29, 1.82) is 0 Å². The van der Waals surface area contributed by atoms with Gasteiger partial charge in [-0.3, -0.25) is 14.9 Å². The molecule has 0 aliphatic rings. The summed E-state index contributed by atoms with van der Waals surface area (Å²) in [6.45, 7) is 2.25. The molecule has 28 heavy (non-hydrogen) atoms. The Hall–Kier alpha value is -3.04. The second-order valence-electron chi connectivity index (χ2n) is 6.45. The van der Waals surface area contributed by atoms with Gasteiger partial charge in [0.05, 0.1) is 41.1 Å². The number of nitrogens with one attached hydrogen (secondary N) is 2. The largest absolute Gasteiger partial charge is 0.494 e. The van der Waals surface area contributed by atoms with E-state index in [4.69, 9.17) is 4.74 Å². The van der Waals surface area contributed by atoms with Crippen LogP contribution in [-0.4, -0.2) is 36.5 Å². The first-order valence-electron chi connectivity index (χ1n) is 8.69. The van der Waals surface area contributed by atoms with E-state index >= 15 is 0 Å². The molecule has 3 rings (SSSR count). The lowest BCUT2D eigenvalue weighted by Crippen LogP contribution is -3.10. The van der Waals surface area contributed by atoms with E-state index in [2.05, 4.69) is 10.3 Å². The third-order valence-corrected chi connectivity index (χ3v) is 5.75. The Morgan fingerprint density at radius 2 is 2.11 bits per heavy atom. The number of nitrogens with zero attached hydrogens (tertiary/aromatic N) is 2. The fourth-order valence-corrected chi connectivity index (χ4v) is 3.90. The zero-order chi connectivity index (χ0) is 20.3. The molecule has 2 aromatic carbocycles. The topological polar surface area (TPSA) is 98.8 Å². The number of anilines is 1. The molecule has 0 bridgehead atoms. The number of nitro groups is 1. The van der Waals surface area contributed by atoms with Gasteiger partial charge in [0.1, 0.15) is 11.8 Å². The van der Waals surface area contributed by atoms with E-state index in [0.29, 0.717) is 5.69 Å². The van der Waals surface area contributed by atoms with Crippen LogP contribution in [0, 0.1) is 10.1 Å². The number of hydrogen-bond donors (Lipinski definition) is 2.